The summed E-state index contributed by atoms with van der Waals surface area (Å²) >= 11 is 12.5. The summed E-state index contributed by atoms with van der Waals surface area (Å²) in [6, 6.07) is 24.1. The fourth-order valence-electron chi connectivity index (χ4n) is 8.45. The van der Waals surface area contributed by atoms with E-state index in [2.05, 4.69) is 22.5 Å². The fourth-order valence-corrected chi connectivity index (χ4v) is 8.77. The lowest BCUT2D eigenvalue weighted by atomic mass is 9.64. The highest BCUT2D eigenvalue weighted by molar-refractivity contribution is 6.42. The molecule has 12 nitrogen and oxygen atoms in total. The highest BCUT2D eigenvalue weighted by atomic mass is 35.5. The topological polar surface area (TPSA) is 152 Å². The van der Waals surface area contributed by atoms with Crippen LogP contribution in [0.15, 0.2) is 78.9 Å². The van der Waals surface area contributed by atoms with Gasteiger partial charge in [0.15, 0.2) is 0 Å². The molecular formula is C38H46Cl2N6O6. The number of aliphatic carboxylic acids is 1. The molecule has 3 aliphatic rings. The summed E-state index contributed by atoms with van der Waals surface area (Å²) in [5.74, 6) is -2.75. The summed E-state index contributed by atoms with van der Waals surface area (Å²) in [5.41, 5.74) is 7.22. The van der Waals surface area contributed by atoms with Crippen molar-refractivity contribution in [1.82, 2.24) is 25.1 Å². The summed E-state index contributed by atoms with van der Waals surface area (Å²) in [7, 11) is 1.55. The number of carbonyl (C=O) groups excluding carboxylic acids is 2. The van der Waals surface area contributed by atoms with Gasteiger partial charge >= 0.3 is 5.97 Å². The van der Waals surface area contributed by atoms with Crippen LogP contribution >= 0.6 is 23.2 Å². The Labute approximate surface area is 314 Å². The number of primary amides is 1. The first-order valence-corrected chi connectivity index (χ1v) is 18.3. The molecule has 5 N–H and O–H groups in total. The number of halogens is 2. The number of piperazine rings is 1. The molecule has 0 radical (unpaired) electrons. The molecule has 3 aromatic carbocycles. The lowest BCUT2D eigenvalue weighted by Gasteiger charge is -2.50. The van der Waals surface area contributed by atoms with Crippen LogP contribution in [0.5, 0.6) is 0 Å². The molecule has 2 amide bonds. The number of nitrogens with one attached hydrogen (secondary N) is 1. The number of carboxylic acid groups (broad SMARTS) is 1. The minimum atomic E-state index is -2.20. The lowest BCUT2D eigenvalue weighted by molar-refractivity contribution is -0.188. The van der Waals surface area contributed by atoms with Crippen LogP contribution in [0, 0.1) is 11.3 Å². The van der Waals surface area contributed by atoms with Crippen molar-refractivity contribution in [3.8, 4) is 0 Å². The largest absolute Gasteiger partial charge is 0.479 e. The highest BCUT2D eigenvalue weighted by Crippen LogP contribution is 2.52. The predicted molar refractivity (Wildman–Crippen MR) is 196 cm³/mol. The van der Waals surface area contributed by atoms with Crippen molar-refractivity contribution < 1.29 is 29.4 Å². The van der Waals surface area contributed by atoms with E-state index >= 15 is 4.79 Å². The molecule has 278 valence electrons. The van der Waals surface area contributed by atoms with Crippen LogP contribution in [-0.2, 0) is 38.8 Å². The Hall–Kier alpha value is -3.59. The van der Waals surface area contributed by atoms with Crippen LogP contribution in [0.2, 0.25) is 10.0 Å². The van der Waals surface area contributed by atoms with E-state index in [0.717, 1.165) is 12.1 Å². The first kappa shape index (κ1) is 38.1. The first-order valence-electron chi connectivity index (χ1n) is 17.5. The van der Waals surface area contributed by atoms with Crippen molar-refractivity contribution >= 4 is 41.0 Å². The molecule has 3 aromatic rings. The van der Waals surface area contributed by atoms with Crippen molar-refractivity contribution in [3.05, 3.63) is 106 Å². The monoisotopic (exact) mass is 752 g/mol. The third-order valence-corrected chi connectivity index (χ3v) is 11.9. The zero-order valence-electron chi connectivity index (χ0n) is 29.2. The molecule has 0 aromatic heterocycles. The molecule has 3 aliphatic heterocycles. The van der Waals surface area contributed by atoms with Crippen molar-refractivity contribution in [2.45, 2.75) is 50.3 Å². The standard InChI is InChI=1S/C38H46Cl2N6O6/c1-43-25-37(35(48)45-18-16-44(17-19-45)22-26-8-4-2-5-9-26,29-14-15-46(32(21-29)33(41)47)23-27-10-6-3-7-11-27)34(38(43,42-51)36(49)50)52-24-28-12-13-30(39)31(40)20-28/h2-13,20,29,32,34,42,51H,14-19,21-25H2,1H3,(H2,41,47)(H,49,50). The third-order valence-electron chi connectivity index (χ3n) is 11.2. The van der Waals surface area contributed by atoms with Gasteiger partial charge in [0.1, 0.15) is 6.10 Å². The molecular weight excluding hydrogens is 707 g/mol. The number of hydrogen-bond acceptors (Lipinski definition) is 9. The first-order chi connectivity index (χ1) is 25.0. The average Bonchev–Trinajstić information content (AvgIpc) is 3.41. The Morgan fingerprint density at radius 3 is 2.10 bits per heavy atom. The summed E-state index contributed by atoms with van der Waals surface area (Å²) < 4.78 is 6.59. The number of carboxylic acids is 1. The second kappa shape index (κ2) is 16.2. The van der Waals surface area contributed by atoms with E-state index in [4.69, 9.17) is 33.7 Å². The lowest BCUT2D eigenvalue weighted by Crippen LogP contribution is -2.69. The van der Waals surface area contributed by atoms with E-state index in [0.29, 0.717) is 61.3 Å². The molecule has 5 atom stereocenters. The number of carbonyl (C=O) groups is 3. The number of nitrogens with zero attached hydrogens (tertiary/aromatic N) is 4. The number of likely N-dealkylation sites (tertiary alicyclic amines) is 2. The van der Waals surface area contributed by atoms with Crippen LogP contribution in [0.25, 0.3) is 0 Å². The number of piperidine rings is 1. The number of amides is 2. The number of likely N-dealkylation sites (N-methyl/N-ethyl adjacent to an activating group) is 1. The van der Waals surface area contributed by atoms with Gasteiger partial charge in [0.25, 0.3) is 0 Å². The van der Waals surface area contributed by atoms with Crippen LogP contribution in [-0.4, -0.2) is 112 Å². The molecule has 0 spiro atoms. The number of rotatable bonds is 12. The van der Waals surface area contributed by atoms with Gasteiger partial charge in [0.05, 0.1) is 28.1 Å². The second-order valence-corrected chi connectivity index (χ2v) is 15.0. The maximum absolute atomic E-state index is 15.4. The van der Waals surface area contributed by atoms with E-state index in [1.165, 1.54) is 10.5 Å². The van der Waals surface area contributed by atoms with Crippen LogP contribution in [0.4, 0.5) is 0 Å². The molecule has 0 bridgehead atoms. The van der Waals surface area contributed by atoms with Gasteiger partial charge in [0.2, 0.25) is 17.5 Å². The number of benzene rings is 3. The minimum Gasteiger partial charge on any atom is -0.479 e. The van der Waals surface area contributed by atoms with Gasteiger partial charge in [-0.25, -0.2) is 4.79 Å². The maximum atomic E-state index is 15.4. The minimum absolute atomic E-state index is 0.0587. The van der Waals surface area contributed by atoms with Gasteiger partial charge < -0.3 is 25.7 Å². The molecule has 5 unspecified atom stereocenters. The van der Waals surface area contributed by atoms with Crippen LogP contribution in [0.3, 0.4) is 0 Å². The summed E-state index contributed by atoms with van der Waals surface area (Å²) in [6.07, 6.45) is -0.752. The highest BCUT2D eigenvalue weighted by Gasteiger charge is 2.71. The van der Waals surface area contributed by atoms with Gasteiger partial charge in [0, 0.05) is 45.8 Å². The molecule has 3 saturated heterocycles. The number of ether oxygens (including phenoxy) is 1. The smallest absolute Gasteiger partial charge is 0.344 e. The zero-order valence-corrected chi connectivity index (χ0v) is 30.7. The van der Waals surface area contributed by atoms with Gasteiger partial charge in [-0.1, -0.05) is 89.9 Å². The molecule has 3 heterocycles. The van der Waals surface area contributed by atoms with Gasteiger partial charge in [-0.2, -0.15) is 5.48 Å². The second-order valence-electron chi connectivity index (χ2n) is 14.2. The Bertz CT molecular complexity index is 1730. The van der Waals surface area contributed by atoms with Crippen molar-refractivity contribution in [2.75, 3.05) is 46.3 Å². The van der Waals surface area contributed by atoms with Crippen LogP contribution < -0.4 is 11.2 Å². The van der Waals surface area contributed by atoms with E-state index in [-0.39, 0.29) is 25.5 Å². The molecule has 52 heavy (non-hydrogen) atoms. The average molecular weight is 754 g/mol. The van der Waals surface area contributed by atoms with Crippen molar-refractivity contribution in [3.63, 3.8) is 0 Å². The third kappa shape index (κ3) is 7.44. The summed E-state index contributed by atoms with van der Waals surface area (Å²) in [4.78, 5) is 49.3. The SMILES string of the molecule is CN1CC(C(=O)N2CCN(Cc3ccccc3)CC2)(C2CCN(Cc3ccccc3)C(C(N)=O)C2)C(OCc2ccc(Cl)c(Cl)c2)C1(NO)C(=O)O. The molecule has 14 heteroatoms. The van der Waals surface area contributed by atoms with Crippen molar-refractivity contribution in [2.24, 2.45) is 17.1 Å². The Balaban J connectivity index is 1.37. The normalized spacial score (nSPS) is 27.5. The van der Waals surface area contributed by atoms with Gasteiger partial charge in [-0.15, -0.1) is 0 Å². The zero-order chi connectivity index (χ0) is 37.0. The van der Waals surface area contributed by atoms with Crippen LogP contribution in [0.1, 0.15) is 29.5 Å². The van der Waals surface area contributed by atoms with Gasteiger partial charge in [-0.05, 0) is 61.2 Å². The maximum Gasteiger partial charge on any atom is 0.344 e. The van der Waals surface area contributed by atoms with E-state index in [1.807, 2.05) is 53.4 Å². The Morgan fingerprint density at radius 1 is 0.885 bits per heavy atom. The Morgan fingerprint density at radius 2 is 1.52 bits per heavy atom. The molecule has 6 rings (SSSR count). The number of nitrogens with two attached hydrogens (primary N) is 1. The fraction of sp³-hybridized carbons (Fsp3) is 0.447. The molecule has 3 fully saturated rings. The Kier molecular flexibility index (Phi) is 11.9. The van der Waals surface area contributed by atoms with E-state index in [9.17, 15) is 19.9 Å². The number of hydroxylamine groups is 1. The number of hydrogen-bond donors (Lipinski definition) is 4. The van der Waals surface area contributed by atoms with Crippen molar-refractivity contribution in [1.29, 1.82) is 0 Å². The quantitative estimate of drug-likeness (QED) is 0.202. The molecule has 0 saturated carbocycles. The molecule has 0 aliphatic carbocycles. The predicted octanol–water partition coefficient (Wildman–Crippen LogP) is 3.68. The van der Waals surface area contributed by atoms with E-state index in [1.54, 1.807) is 30.1 Å². The summed E-state index contributed by atoms with van der Waals surface area (Å²) in [6.45, 7) is 3.53. The summed E-state index contributed by atoms with van der Waals surface area (Å²) in [5, 5.41) is 22.2. The van der Waals surface area contributed by atoms with Gasteiger partial charge in [-0.3, -0.25) is 24.3 Å². The van der Waals surface area contributed by atoms with E-state index < -0.39 is 41.0 Å².